The van der Waals surface area contributed by atoms with Crippen LogP contribution in [0.5, 0.6) is 11.5 Å². The van der Waals surface area contributed by atoms with Gasteiger partial charge in [-0.15, -0.1) is 0 Å². The SMILES string of the molecule is CCCCOc1cc(C=C(OCC)C(=O)O)ccc1OCCc1ccc(N)cc1. The minimum Gasteiger partial charge on any atom is -0.490 e. The summed E-state index contributed by atoms with van der Waals surface area (Å²) in [6.45, 7) is 5.17. The highest BCUT2D eigenvalue weighted by Gasteiger charge is 2.11. The Bertz CT molecular complexity index is 815. The van der Waals surface area contributed by atoms with Crippen molar-refractivity contribution in [3.63, 3.8) is 0 Å². The average molecular weight is 399 g/mol. The fourth-order valence-electron chi connectivity index (χ4n) is 2.61. The Morgan fingerprint density at radius 2 is 1.76 bits per heavy atom. The molecule has 0 aliphatic rings. The number of rotatable bonds is 12. The Morgan fingerprint density at radius 1 is 1.03 bits per heavy atom. The third kappa shape index (κ3) is 7.41. The third-order valence-corrected chi connectivity index (χ3v) is 4.16. The number of unbranched alkanes of at least 4 members (excludes halogenated alkanes) is 1. The van der Waals surface area contributed by atoms with E-state index in [1.54, 1.807) is 25.1 Å². The van der Waals surface area contributed by atoms with Crippen molar-refractivity contribution in [1.82, 2.24) is 0 Å². The van der Waals surface area contributed by atoms with E-state index >= 15 is 0 Å². The van der Waals surface area contributed by atoms with E-state index in [1.165, 1.54) is 6.08 Å². The predicted molar refractivity (Wildman–Crippen MR) is 114 cm³/mol. The van der Waals surface area contributed by atoms with E-state index in [2.05, 4.69) is 6.92 Å². The number of carbonyl (C=O) groups is 1. The molecule has 0 spiro atoms. The van der Waals surface area contributed by atoms with Crippen molar-refractivity contribution in [2.75, 3.05) is 25.6 Å². The molecule has 0 aliphatic heterocycles. The molecule has 2 rings (SSSR count). The largest absolute Gasteiger partial charge is 0.490 e. The number of aliphatic carboxylic acids is 1. The summed E-state index contributed by atoms with van der Waals surface area (Å²) >= 11 is 0. The van der Waals surface area contributed by atoms with Gasteiger partial charge in [-0.2, -0.15) is 0 Å². The molecule has 0 unspecified atom stereocenters. The number of nitrogens with two attached hydrogens (primary N) is 1. The summed E-state index contributed by atoms with van der Waals surface area (Å²) in [5, 5.41) is 9.25. The van der Waals surface area contributed by atoms with Crippen molar-refractivity contribution < 1.29 is 24.1 Å². The van der Waals surface area contributed by atoms with Gasteiger partial charge in [0.1, 0.15) is 0 Å². The summed E-state index contributed by atoms with van der Waals surface area (Å²) in [5.74, 6) is 0.000814. The second-order valence-electron chi connectivity index (χ2n) is 6.49. The zero-order chi connectivity index (χ0) is 21.1. The Labute approximate surface area is 171 Å². The predicted octanol–water partition coefficient (Wildman–Crippen LogP) is 4.53. The second-order valence-corrected chi connectivity index (χ2v) is 6.49. The van der Waals surface area contributed by atoms with E-state index in [1.807, 2.05) is 24.3 Å². The van der Waals surface area contributed by atoms with Crippen molar-refractivity contribution in [3.05, 3.63) is 59.4 Å². The van der Waals surface area contributed by atoms with Gasteiger partial charge in [0.05, 0.1) is 19.8 Å². The van der Waals surface area contributed by atoms with Crippen LogP contribution in [0.2, 0.25) is 0 Å². The summed E-state index contributed by atoms with van der Waals surface area (Å²) in [7, 11) is 0. The molecule has 0 saturated carbocycles. The first-order valence-corrected chi connectivity index (χ1v) is 9.85. The molecule has 0 fully saturated rings. The molecule has 29 heavy (non-hydrogen) atoms. The lowest BCUT2D eigenvalue weighted by Crippen LogP contribution is -2.06. The molecule has 0 saturated heterocycles. The molecular weight excluding hydrogens is 370 g/mol. The van der Waals surface area contributed by atoms with Gasteiger partial charge in [-0.3, -0.25) is 0 Å². The van der Waals surface area contributed by atoms with Crippen LogP contribution in [0.1, 0.15) is 37.8 Å². The highest BCUT2D eigenvalue weighted by Crippen LogP contribution is 2.30. The average Bonchev–Trinajstić information content (AvgIpc) is 2.70. The van der Waals surface area contributed by atoms with Gasteiger partial charge in [-0.25, -0.2) is 4.79 Å². The molecule has 2 aromatic carbocycles. The van der Waals surface area contributed by atoms with E-state index in [-0.39, 0.29) is 12.4 Å². The lowest BCUT2D eigenvalue weighted by Gasteiger charge is -2.14. The Kier molecular flexibility index (Phi) is 8.89. The first-order chi connectivity index (χ1) is 14.0. The van der Waals surface area contributed by atoms with Crippen molar-refractivity contribution >= 4 is 17.7 Å². The van der Waals surface area contributed by atoms with Crippen LogP contribution in [0, 0.1) is 0 Å². The number of carboxylic acid groups (broad SMARTS) is 1. The quantitative estimate of drug-likeness (QED) is 0.236. The van der Waals surface area contributed by atoms with Crippen LogP contribution in [0.15, 0.2) is 48.2 Å². The molecule has 0 aliphatic carbocycles. The fraction of sp³-hybridized carbons (Fsp3) is 0.348. The number of hydrogen-bond acceptors (Lipinski definition) is 5. The molecule has 0 aromatic heterocycles. The molecule has 3 N–H and O–H groups in total. The number of benzene rings is 2. The maximum Gasteiger partial charge on any atom is 0.371 e. The Balaban J connectivity index is 2.13. The van der Waals surface area contributed by atoms with Gasteiger partial charge >= 0.3 is 5.97 Å². The number of hydrogen-bond donors (Lipinski definition) is 2. The van der Waals surface area contributed by atoms with E-state index in [4.69, 9.17) is 19.9 Å². The van der Waals surface area contributed by atoms with Crippen molar-refractivity contribution in [3.8, 4) is 11.5 Å². The third-order valence-electron chi connectivity index (χ3n) is 4.16. The van der Waals surface area contributed by atoms with Crippen LogP contribution in [0.4, 0.5) is 5.69 Å². The first-order valence-electron chi connectivity index (χ1n) is 9.85. The minimum absolute atomic E-state index is 0.107. The Morgan fingerprint density at radius 3 is 2.41 bits per heavy atom. The van der Waals surface area contributed by atoms with Gasteiger partial charge in [-0.05, 0) is 54.8 Å². The molecule has 0 bridgehead atoms. The molecule has 156 valence electrons. The van der Waals surface area contributed by atoms with Gasteiger partial charge in [0, 0.05) is 12.1 Å². The van der Waals surface area contributed by atoms with E-state index in [0.717, 1.165) is 30.5 Å². The number of ether oxygens (including phenoxy) is 3. The highest BCUT2D eigenvalue weighted by molar-refractivity contribution is 5.90. The number of nitrogen functional groups attached to an aromatic ring is 1. The zero-order valence-corrected chi connectivity index (χ0v) is 17.0. The number of carboxylic acids is 1. The maximum absolute atomic E-state index is 11.3. The van der Waals surface area contributed by atoms with Crippen LogP contribution in [-0.4, -0.2) is 30.9 Å². The molecule has 0 heterocycles. The van der Waals surface area contributed by atoms with Gasteiger partial charge in [-0.1, -0.05) is 31.5 Å². The fourth-order valence-corrected chi connectivity index (χ4v) is 2.61. The van der Waals surface area contributed by atoms with Crippen LogP contribution in [0.3, 0.4) is 0 Å². The minimum atomic E-state index is -1.11. The van der Waals surface area contributed by atoms with Crippen molar-refractivity contribution in [2.24, 2.45) is 0 Å². The zero-order valence-electron chi connectivity index (χ0n) is 17.0. The Hall–Kier alpha value is -3.15. The lowest BCUT2D eigenvalue weighted by molar-refractivity contribution is -0.136. The maximum atomic E-state index is 11.3. The standard InChI is InChI=1S/C23H29NO5/c1-3-5-13-28-21-15-18(16-22(23(25)26)27-4-2)8-11-20(21)29-14-12-17-6-9-19(24)10-7-17/h6-11,15-16H,3-5,12-14,24H2,1-2H3,(H,25,26). The van der Waals surface area contributed by atoms with Crippen LogP contribution in [-0.2, 0) is 16.0 Å². The van der Waals surface area contributed by atoms with Crippen LogP contribution < -0.4 is 15.2 Å². The smallest absolute Gasteiger partial charge is 0.371 e. The van der Waals surface area contributed by atoms with E-state index < -0.39 is 5.97 Å². The summed E-state index contributed by atoms with van der Waals surface area (Å²) in [6.07, 6.45) is 4.16. The number of anilines is 1. The highest BCUT2D eigenvalue weighted by atomic mass is 16.5. The monoisotopic (exact) mass is 399 g/mol. The normalized spacial score (nSPS) is 11.2. The molecule has 0 amide bonds. The molecule has 0 atom stereocenters. The summed E-state index contributed by atoms with van der Waals surface area (Å²) < 4.78 is 17.0. The summed E-state index contributed by atoms with van der Waals surface area (Å²) in [5.41, 5.74) is 8.25. The lowest BCUT2D eigenvalue weighted by atomic mass is 10.1. The first kappa shape index (κ1) is 22.1. The molecule has 2 aromatic rings. The summed E-state index contributed by atoms with van der Waals surface area (Å²) in [4.78, 5) is 11.3. The molecule has 6 nitrogen and oxygen atoms in total. The second kappa shape index (κ2) is 11.6. The topological polar surface area (TPSA) is 91.0 Å². The van der Waals surface area contributed by atoms with E-state index in [0.29, 0.717) is 30.3 Å². The molecular formula is C23H29NO5. The van der Waals surface area contributed by atoms with Gasteiger partial charge in [0.15, 0.2) is 11.5 Å². The van der Waals surface area contributed by atoms with Gasteiger partial charge in [0.25, 0.3) is 0 Å². The van der Waals surface area contributed by atoms with Gasteiger partial charge < -0.3 is 25.1 Å². The van der Waals surface area contributed by atoms with Crippen LogP contribution in [0.25, 0.3) is 6.08 Å². The van der Waals surface area contributed by atoms with Crippen LogP contribution >= 0.6 is 0 Å². The molecule has 0 radical (unpaired) electrons. The van der Waals surface area contributed by atoms with Gasteiger partial charge in [0.2, 0.25) is 5.76 Å². The molecule has 6 heteroatoms. The van der Waals surface area contributed by atoms with Crippen molar-refractivity contribution in [1.29, 1.82) is 0 Å². The summed E-state index contributed by atoms with van der Waals surface area (Å²) in [6, 6.07) is 13.0. The van der Waals surface area contributed by atoms with E-state index in [9.17, 15) is 9.90 Å². The van der Waals surface area contributed by atoms with Crippen molar-refractivity contribution in [2.45, 2.75) is 33.1 Å².